The molecule has 4 rings (SSSR count). The number of halogens is 1. The molecule has 1 heterocycles. The van der Waals surface area contributed by atoms with Gasteiger partial charge in [-0.15, -0.1) is 0 Å². The van der Waals surface area contributed by atoms with Crippen LogP contribution in [0.4, 0.5) is 5.13 Å². The topological polar surface area (TPSA) is 54.8 Å². The number of hydrogen-bond acceptors (Lipinski definition) is 5. The van der Waals surface area contributed by atoms with Crippen LogP contribution in [-0.2, 0) is 0 Å². The maximum Gasteiger partial charge on any atom is 0.280 e. The summed E-state index contributed by atoms with van der Waals surface area (Å²) in [6, 6.07) is 20.9. The summed E-state index contributed by atoms with van der Waals surface area (Å²) in [7, 11) is 0. The molecule has 4 aromatic rings. The smallest absolute Gasteiger partial charge is 0.280 e. The van der Waals surface area contributed by atoms with Gasteiger partial charge in [0.1, 0.15) is 5.75 Å². The highest BCUT2D eigenvalue weighted by Gasteiger charge is 2.21. The van der Waals surface area contributed by atoms with Crippen LogP contribution < -0.4 is 9.75 Å². The number of fused-ring (bicyclic) bond motifs is 1. The van der Waals surface area contributed by atoms with Gasteiger partial charge < -0.3 is 4.74 Å². The number of carbonyl (C=O) groups is 1. The Morgan fingerprint density at radius 3 is 2.50 bits per heavy atom. The molecule has 0 aliphatic rings. The molecule has 32 heavy (non-hydrogen) atoms. The van der Waals surface area contributed by atoms with E-state index in [0.717, 1.165) is 31.6 Å². The Balaban J connectivity index is 1.70. The van der Waals surface area contributed by atoms with Gasteiger partial charge in [-0.1, -0.05) is 57.1 Å². The zero-order valence-corrected chi connectivity index (χ0v) is 20.4. The number of amides is 1. The molecule has 0 spiro atoms. The molecule has 0 aliphatic heterocycles. The van der Waals surface area contributed by atoms with Crippen LogP contribution in [0, 0.1) is 6.92 Å². The van der Waals surface area contributed by atoms with E-state index in [2.05, 4.69) is 26.0 Å². The van der Waals surface area contributed by atoms with Crippen molar-refractivity contribution in [1.29, 1.82) is 0 Å². The van der Waals surface area contributed by atoms with Gasteiger partial charge in [-0.3, -0.25) is 4.79 Å². The van der Waals surface area contributed by atoms with E-state index in [1.165, 1.54) is 16.3 Å². The molecule has 162 valence electrons. The summed E-state index contributed by atoms with van der Waals surface area (Å²) in [5.74, 6) is 0.457. The summed E-state index contributed by atoms with van der Waals surface area (Å²) in [4.78, 5) is 18.1. The Morgan fingerprint density at radius 1 is 1.09 bits per heavy atom. The average molecular weight is 508 g/mol. The Hall–Kier alpha value is -3.03. The predicted octanol–water partition coefficient (Wildman–Crippen LogP) is 6.84. The van der Waals surface area contributed by atoms with Gasteiger partial charge in [-0.05, 0) is 68.8 Å². The SMILES string of the molecule is Cc1ccc(/C=N/N(C(=O)c2ccc(OC(C)C)cc2)c2nc3ccc(Br)cc3s2)cc1. The number of aromatic nitrogens is 1. The third-order valence-corrected chi connectivity index (χ3v) is 6.07. The van der Waals surface area contributed by atoms with E-state index in [9.17, 15) is 4.79 Å². The summed E-state index contributed by atoms with van der Waals surface area (Å²) in [5.41, 5.74) is 3.38. The third kappa shape index (κ3) is 5.23. The highest BCUT2D eigenvalue weighted by molar-refractivity contribution is 9.10. The van der Waals surface area contributed by atoms with E-state index in [-0.39, 0.29) is 12.0 Å². The lowest BCUT2D eigenvalue weighted by molar-refractivity contribution is 0.0988. The highest BCUT2D eigenvalue weighted by atomic mass is 79.9. The lowest BCUT2D eigenvalue weighted by Gasteiger charge is -2.15. The fourth-order valence-electron chi connectivity index (χ4n) is 3.01. The van der Waals surface area contributed by atoms with Crippen molar-refractivity contribution in [3.05, 3.63) is 87.9 Å². The first kappa shape index (κ1) is 22.2. The highest BCUT2D eigenvalue weighted by Crippen LogP contribution is 2.32. The number of nitrogens with zero attached hydrogens (tertiary/aromatic N) is 3. The van der Waals surface area contributed by atoms with Crippen molar-refractivity contribution in [3.63, 3.8) is 0 Å². The van der Waals surface area contributed by atoms with Crippen LogP contribution in [0.15, 0.2) is 76.3 Å². The van der Waals surface area contributed by atoms with Gasteiger partial charge in [0.05, 0.1) is 22.5 Å². The maximum absolute atomic E-state index is 13.4. The molecular weight excluding hydrogens is 486 g/mol. The summed E-state index contributed by atoms with van der Waals surface area (Å²) < 4.78 is 7.62. The Bertz CT molecular complexity index is 1260. The molecule has 0 saturated carbocycles. The summed E-state index contributed by atoms with van der Waals surface area (Å²) in [6.07, 6.45) is 1.74. The monoisotopic (exact) mass is 507 g/mol. The van der Waals surface area contributed by atoms with E-state index < -0.39 is 0 Å². The van der Waals surface area contributed by atoms with Gasteiger partial charge in [0.25, 0.3) is 5.91 Å². The quantitative estimate of drug-likeness (QED) is 0.212. The number of aryl methyl sites for hydroxylation is 1. The van der Waals surface area contributed by atoms with Crippen molar-refractivity contribution < 1.29 is 9.53 Å². The van der Waals surface area contributed by atoms with Crippen molar-refractivity contribution >= 4 is 54.7 Å². The van der Waals surface area contributed by atoms with Gasteiger partial charge in [0, 0.05) is 10.0 Å². The summed E-state index contributed by atoms with van der Waals surface area (Å²) in [6.45, 7) is 5.96. The predicted molar refractivity (Wildman–Crippen MR) is 135 cm³/mol. The number of thiazole rings is 1. The van der Waals surface area contributed by atoms with E-state index >= 15 is 0 Å². The number of anilines is 1. The van der Waals surface area contributed by atoms with Gasteiger partial charge in [0.2, 0.25) is 5.13 Å². The first-order valence-corrected chi connectivity index (χ1v) is 11.8. The number of rotatable bonds is 6. The second-order valence-corrected chi connectivity index (χ2v) is 9.50. The Morgan fingerprint density at radius 2 is 1.81 bits per heavy atom. The lowest BCUT2D eigenvalue weighted by atomic mass is 10.2. The minimum absolute atomic E-state index is 0.0641. The fourth-order valence-corrected chi connectivity index (χ4v) is 4.49. The third-order valence-electron chi connectivity index (χ3n) is 4.59. The minimum atomic E-state index is -0.261. The summed E-state index contributed by atoms with van der Waals surface area (Å²) >= 11 is 4.91. The second kappa shape index (κ2) is 9.63. The largest absolute Gasteiger partial charge is 0.491 e. The number of hydrogen-bond donors (Lipinski definition) is 0. The van der Waals surface area contributed by atoms with Gasteiger partial charge in [-0.25, -0.2) is 4.98 Å². The number of carbonyl (C=O) groups excluding carboxylic acids is 1. The minimum Gasteiger partial charge on any atom is -0.491 e. The van der Waals surface area contributed by atoms with Crippen LogP contribution >= 0.6 is 27.3 Å². The molecule has 0 bridgehead atoms. The molecule has 0 radical (unpaired) electrons. The molecule has 1 amide bonds. The zero-order valence-electron chi connectivity index (χ0n) is 17.9. The fraction of sp³-hybridized carbons (Fsp3) is 0.160. The molecule has 0 N–H and O–H groups in total. The van der Waals surface area contributed by atoms with Crippen molar-refractivity contribution in [2.75, 3.05) is 5.01 Å². The molecule has 3 aromatic carbocycles. The van der Waals surface area contributed by atoms with Crippen molar-refractivity contribution in [2.24, 2.45) is 5.10 Å². The Kier molecular flexibility index (Phi) is 6.67. The van der Waals surface area contributed by atoms with E-state index in [0.29, 0.717) is 10.7 Å². The van der Waals surface area contributed by atoms with Crippen LogP contribution in [0.5, 0.6) is 5.75 Å². The van der Waals surface area contributed by atoms with Gasteiger partial charge in [0.15, 0.2) is 0 Å². The number of ether oxygens (including phenoxy) is 1. The first-order chi connectivity index (χ1) is 15.4. The van der Waals surface area contributed by atoms with Crippen molar-refractivity contribution in [2.45, 2.75) is 26.9 Å². The second-order valence-electron chi connectivity index (χ2n) is 7.57. The molecule has 5 nitrogen and oxygen atoms in total. The molecule has 0 unspecified atom stereocenters. The van der Waals surface area contributed by atoms with Crippen molar-refractivity contribution in [3.8, 4) is 5.75 Å². The van der Waals surface area contributed by atoms with Crippen LogP contribution in [0.2, 0.25) is 0 Å². The average Bonchev–Trinajstić information content (AvgIpc) is 3.18. The summed E-state index contributed by atoms with van der Waals surface area (Å²) in [5, 5.41) is 6.39. The van der Waals surface area contributed by atoms with Crippen LogP contribution in [-0.4, -0.2) is 23.2 Å². The molecule has 0 saturated heterocycles. The maximum atomic E-state index is 13.4. The number of hydrazone groups is 1. The van der Waals surface area contributed by atoms with Crippen LogP contribution in [0.1, 0.15) is 35.3 Å². The molecule has 0 atom stereocenters. The van der Waals surface area contributed by atoms with Crippen LogP contribution in [0.25, 0.3) is 10.2 Å². The normalized spacial score (nSPS) is 11.4. The van der Waals surface area contributed by atoms with Gasteiger partial charge in [-0.2, -0.15) is 10.1 Å². The lowest BCUT2D eigenvalue weighted by Crippen LogP contribution is -2.25. The molecule has 0 aliphatic carbocycles. The Labute approximate surface area is 199 Å². The zero-order chi connectivity index (χ0) is 22.7. The van der Waals surface area contributed by atoms with E-state index in [1.54, 1.807) is 30.5 Å². The molecule has 0 fully saturated rings. The van der Waals surface area contributed by atoms with E-state index in [1.807, 2.05) is 63.2 Å². The first-order valence-electron chi connectivity index (χ1n) is 10.2. The molecule has 7 heteroatoms. The van der Waals surface area contributed by atoms with Gasteiger partial charge >= 0.3 is 0 Å². The molecular formula is C25H22BrN3O2S. The number of benzene rings is 3. The van der Waals surface area contributed by atoms with Crippen molar-refractivity contribution in [1.82, 2.24) is 4.98 Å². The van der Waals surface area contributed by atoms with Crippen LogP contribution in [0.3, 0.4) is 0 Å². The standard InChI is InChI=1S/C25H22BrN3O2S/c1-16(2)31-21-11-8-19(9-12-21)24(30)29(27-15-18-6-4-17(3)5-7-18)25-28-22-13-10-20(26)14-23(22)32-25/h4-16H,1-3H3/b27-15+. The molecule has 1 aromatic heterocycles. The van der Waals surface area contributed by atoms with E-state index in [4.69, 9.17) is 4.74 Å².